The maximum absolute atomic E-state index is 13.7. The number of hydrogen-bond donors (Lipinski definition) is 3. The summed E-state index contributed by atoms with van der Waals surface area (Å²) in [7, 11) is 0. The second-order valence-corrected chi connectivity index (χ2v) is 7.93. The maximum Gasteiger partial charge on any atom is 0.220 e. The molecule has 2 aromatic heterocycles. The first-order valence-corrected chi connectivity index (χ1v) is 10.3. The minimum Gasteiger partial charge on any atom is -0.361 e. The van der Waals surface area contributed by atoms with Crippen LogP contribution in [0.25, 0.3) is 21.8 Å². The molecule has 5 rings (SSSR count). The highest BCUT2D eigenvalue weighted by atomic mass is 19.1. The number of benzene rings is 2. The normalized spacial score (nSPS) is 16.2. The van der Waals surface area contributed by atoms with E-state index in [0.29, 0.717) is 6.42 Å². The highest BCUT2D eigenvalue weighted by Crippen LogP contribution is 2.35. The Kier molecular flexibility index (Phi) is 4.58. The smallest absolute Gasteiger partial charge is 0.220 e. The third-order valence-electron chi connectivity index (χ3n) is 6.03. The van der Waals surface area contributed by atoms with Gasteiger partial charge < -0.3 is 15.3 Å². The molecular formula is C24H24FN3O. The molecule has 1 atom stereocenters. The van der Waals surface area contributed by atoms with Gasteiger partial charge in [0, 0.05) is 40.1 Å². The quantitative estimate of drug-likeness (QED) is 0.426. The number of carbonyl (C=O) groups excluding carboxylic acids is 1. The van der Waals surface area contributed by atoms with Gasteiger partial charge in [0.1, 0.15) is 5.82 Å². The topological polar surface area (TPSA) is 60.7 Å². The number of carbonyl (C=O) groups is 1. The van der Waals surface area contributed by atoms with Crippen molar-refractivity contribution in [1.29, 1.82) is 0 Å². The molecule has 1 aliphatic rings. The van der Waals surface area contributed by atoms with Crippen molar-refractivity contribution in [3.8, 4) is 0 Å². The fraction of sp³-hybridized carbons (Fsp3) is 0.292. The molecule has 0 aliphatic heterocycles. The molecule has 2 aromatic carbocycles. The molecule has 0 fully saturated rings. The van der Waals surface area contributed by atoms with Crippen LogP contribution < -0.4 is 5.32 Å². The molecule has 4 nitrogen and oxygen atoms in total. The number of fused-ring (bicyclic) bond motifs is 4. The van der Waals surface area contributed by atoms with Crippen molar-refractivity contribution in [3.63, 3.8) is 0 Å². The van der Waals surface area contributed by atoms with E-state index < -0.39 is 0 Å². The van der Waals surface area contributed by atoms with E-state index in [0.717, 1.165) is 59.8 Å². The molecule has 2 heterocycles. The average molecular weight is 389 g/mol. The zero-order valence-electron chi connectivity index (χ0n) is 16.2. The van der Waals surface area contributed by atoms with Crippen molar-refractivity contribution >= 4 is 27.7 Å². The molecule has 0 unspecified atom stereocenters. The number of halogens is 1. The summed E-state index contributed by atoms with van der Waals surface area (Å²) < 4.78 is 13.7. The number of amides is 1. The Morgan fingerprint density at radius 2 is 2.03 bits per heavy atom. The van der Waals surface area contributed by atoms with Gasteiger partial charge >= 0.3 is 0 Å². The summed E-state index contributed by atoms with van der Waals surface area (Å²) >= 11 is 0. The van der Waals surface area contributed by atoms with Gasteiger partial charge in [-0.2, -0.15) is 0 Å². The van der Waals surface area contributed by atoms with E-state index in [4.69, 9.17) is 0 Å². The number of aryl methyl sites for hydroxylation is 2. The average Bonchev–Trinajstić information content (AvgIpc) is 3.30. The Morgan fingerprint density at radius 1 is 1.14 bits per heavy atom. The Bertz CT molecular complexity index is 1190. The predicted octanol–water partition coefficient (Wildman–Crippen LogP) is 5.30. The van der Waals surface area contributed by atoms with Crippen molar-refractivity contribution in [2.45, 2.75) is 44.6 Å². The first-order chi connectivity index (χ1) is 14.2. The molecule has 148 valence electrons. The fourth-order valence-corrected chi connectivity index (χ4v) is 4.62. The first-order valence-electron chi connectivity index (χ1n) is 10.3. The van der Waals surface area contributed by atoms with Gasteiger partial charge in [0.15, 0.2) is 0 Å². The van der Waals surface area contributed by atoms with Gasteiger partial charge in [-0.25, -0.2) is 4.39 Å². The number of aromatic amines is 2. The highest BCUT2D eigenvalue weighted by Gasteiger charge is 2.25. The molecule has 4 aromatic rings. The number of nitrogens with one attached hydrogen (secondary N) is 3. The molecule has 29 heavy (non-hydrogen) atoms. The minimum atomic E-state index is -0.220. The molecule has 1 amide bonds. The summed E-state index contributed by atoms with van der Waals surface area (Å²) in [6.07, 6.45) is 7.06. The Labute approximate surface area is 168 Å². The Balaban J connectivity index is 1.24. The lowest BCUT2D eigenvalue weighted by atomic mass is 9.91. The number of aromatic nitrogens is 2. The third kappa shape index (κ3) is 3.41. The molecule has 0 radical (unpaired) electrons. The van der Waals surface area contributed by atoms with Crippen molar-refractivity contribution in [2.24, 2.45) is 0 Å². The summed E-state index contributed by atoms with van der Waals surface area (Å²) in [5.74, 6) is -0.143. The molecular weight excluding hydrogens is 365 g/mol. The minimum absolute atomic E-state index is 0.0187. The van der Waals surface area contributed by atoms with E-state index in [9.17, 15) is 9.18 Å². The Hall–Kier alpha value is -3.08. The second kappa shape index (κ2) is 7.39. The summed E-state index contributed by atoms with van der Waals surface area (Å²) in [6.45, 7) is 0. The zero-order chi connectivity index (χ0) is 19.8. The van der Waals surface area contributed by atoms with Gasteiger partial charge in [0.2, 0.25) is 5.91 Å². The number of hydrogen-bond acceptors (Lipinski definition) is 1. The van der Waals surface area contributed by atoms with Gasteiger partial charge in [0.25, 0.3) is 0 Å². The molecule has 0 saturated carbocycles. The molecule has 0 saturated heterocycles. The van der Waals surface area contributed by atoms with Gasteiger partial charge in [-0.3, -0.25) is 4.79 Å². The molecule has 1 aliphatic carbocycles. The number of rotatable bonds is 5. The van der Waals surface area contributed by atoms with Crippen LogP contribution in [0.15, 0.2) is 48.7 Å². The SMILES string of the molecule is O=C(CCCc1c[nH]c2ccccc12)N[C@@H]1CCCc2c1[nH]c1ccc(F)cc21. The van der Waals surface area contributed by atoms with Crippen LogP contribution in [0, 0.1) is 5.82 Å². The molecule has 0 bridgehead atoms. The van der Waals surface area contributed by atoms with E-state index in [2.05, 4.69) is 27.4 Å². The van der Waals surface area contributed by atoms with Crippen LogP contribution in [0.3, 0.4) is 0 Å². The van der Waals surface area contributed by atoms with Crippen LogP contribution in [-0.2, 0) is 17.6 Å². The summed E-state index contributed by atoms with van der Waals surface area (Å²) in [5, 5.41) is 5.37. The summed E-state index contributed by atoms with van der Waals surface area (Å²) in [4.78, 5) is 19.3. The van der Waals surface area contributed by atoms with Crippen molar-refractivity contribution in [3.05, 3.63) is 71.3 Å². The van der Waals surface area contributed by atoms with Crippen molar-refractivity contribution < 1.29 is 9.18 Å². The lowest BCUT2D eigenvalue weighted by Crippen LogP contribution is -2.30. The molecule has 0 spiro atoms. The van der Waals surface area contributed by atoms with Crippen LogP contribution in [0.2, 0.25) is 0 Å². The monoisotopic (exact) mass is 389 g/mol. The first kappa shape index (κ1) is 18.0. The standard InChI is InChI=1S/C24H24FN3O/c25-16-11-12-21-19(13-16)18-7-4-9-22(24(18)28-21)27-23(29)10-3-5-15-14-26-20-8-2-1-6-17(15)20/h1-2,6,8,11-14,22,26,28H,3-5,7,9-10H2,(H,27,29)/t22-/m1/s1. The van der Waals surface area contributed by atoms with Crippen molar-refractivity contribution in [2.75, 3.05) is 0 Å². The maximum atomic E-state index is 13.7. The van der Waals surface area contributed by atoms with Crippen LogP contribution >= 0.6 is 0 Å². The lowest BCUT2D eigenvalue weighted by Gasteiger charge is -2.24. The van der Waals surface area contributed by atoms with E-state index in [1.165, 1.54) is 17.0 Å². The number of para-hydroxylation sites is 1. The third-order valence-corrected chi connectivity index (χ3v) is 6.03. The van der Waals surface area contributed by atoms with Gasteiger partial charge in [-0.05, 0) is 67.5 Å². The van der Waals surface area contributed by atoms with E-state index in [1.54, 1.807) is 12.1 Å². The van der Waals surface area contributed by atoms with Gasteiger partial charge in [-0.15, -0.1) is 0 Å². The van der Waals surface area contributed by atoms with E-state index >= 15 is 0 Å². The van der Waals surface area contributed by atoms with Crippen LogP contribution in [0.5, 0.6) is 0 Å². The lowest BCUT2D eigenvalue weighted by molar-refractivity contribution is -0.122. The van der Waals surface area contributed by atoms with Crippen LogP contribution in [0.1, 0.15) is 48.5 Å². The number of H-pyrrole nitrogens is 2. The Morgan fingerprint density at radius 3 is 2.97 bits per heavy atom. The molecule has 5 heteroatoms. The van der Waals surface area contributed by atoms with Gasteiger partial charge in [-0.1, -0.05) is 18.2 Å². The fourth-order valence-electron chi connectivity index (χ4n) is 4.62. The van der Waals surface area contributed by atoms with Crippen LogP contribution in [0.4, 0.5) is 4.39 Å². The predicted molar refractivity (Wildman–Crippen MR) is 113 cm³/mol. The highest BCUT2D eigenvalue weighted by molar-refractivity contribution is 5.86. The summed E-state index contributed by atoms with van der Waals surface area (Å²) in [6, 6.07) is 13.1. The van der Waals surface area contributed by atoms with E-state index in [-0.39, 0.29) is 17.8 Å². The van der Waals surface area contributed by atoms with Crippen molar-refractivity contribution in [1.82, 2.24) is 15.3 Å². The van der Waals surface area contributed by atoms with Gasteiger partial charge in [0.05, 0.1) is 6.04 Å². The zero-order valence-corrected chi connectivity index (χ0v) is 16.2. The largest absolute Gasteiger partial charge is 0.361 e. The van der Waals surface area contributed by atoms with E-state index in [1.807, 2.05) is 18.3 Å². The molecule has 3 N–H and O–H groups in total. The van der Waals surface area contributed by atoms with Crippen LogP contribution in [-0.4, -0.2) is 15.9 Å². The summed E-state index contributed by atoms with van der Waals surface area (Å²) in [5.41, 5.74) is 5.52. The second-order valence-electron chi connectivity index (χ2n) is 7.93.